The SMILES string of the molecule is O=C(O)c1cc2cc(I)ccc2oc1=O. The molecule has 0 saturated carbocycles. The van der Waals surface area contributed by atoms with Crippen LogP contribution in [0.3, 0.4) is 0 Å². The summed E-state index contributed by atoms with van der Waals surface area (Å²) < 4.78 is 5.82. The summed E-state index contributed by atoms with van der Waals surface area (Å²) >= 11 is 2.10. The monoisotopic (exact) mass is 316 g/mol. The van der Waals surface area contributed by atoms with Crippen LogP contribution in [0.5, 0.6) is 0 Å². The number of halogens is 1. The molecular formula is C10H5IO4. The van der Waals surface area contributed by atoms with Gasteiger partial charge in [0.05, 0.1) is 0 Å². The van der Waals surface area contributed by atoms with Gasteiger partial charge in [0, 0.05) is 8.96 Å². The topological polar surface area (TPSA) is 67.5 Å². The first-order valence-corrected chi connectivity index (χ1v) is 5.12. The molecule has 5 heteroatoms. The highest BCUT2D eigenvalue weighted by atomic mass is 127. The van der Waals surface area contributed by atoms with Crippen LogP contribution in [0.2, 0.25) is 0 Å². The van der Waals surface area contributed by atoms with Gasteiger partial charge in [0.15, 0.2) is 0 Å². The molecule has 0 radical (unpaired) electrons. The molecule has 0 fully saturated rings. The van der Waals surface area contributed by atoms with Crippen molar-refractivity contribution < 1.29 is 14.3 Å². The minimum atomic E-state index is -1.27. The van der Waals surface area contributed by atoms with Gasteiger partial charge in [-0.25, -0.2) is 9.59 Å². The van der Waals surface area contributed by atoms with Gasteiger partial charge in [-0.05, 0) is 46.9 Å². The number of rotatable bonds is 1. The highest BCUT2D eigenvalue weighted by molar-refractivity contribution is 14.1. The third-order valence-electron chi connectivity index (χ3n) is 1.92. The molecule has 0 bridgehead atoms. The molecular weight excluding hydrogens is 311 g/mol. The van der Waals surface area contributed by atoms with Crippen LogP contribution >= 0.6 is 22.6 Å². The summed E-state index contributed by atoms with van der Waals surface area (Å²) in [6, 6.07) is 6.51. The molecule has 15 heavy (non-hydrogen) atoms. The fourth-order valence-electron chi connectivity index (χ4n) is 1.24. The van der Waals surface area contributed by atoms with Crippen LogP contribution in [0.1, 0.15) is 10.4 Å². The van der Waals surface area contributed by atoms with Gasteiger partial charge < -0.3 is 9.52 Å². The zero-order valence-corrected chi connectivity index (χ0v) is 9.52. The van der Waals surface area contributed by atoms with E-state index < -0.39 is 11.6 Å². The van der Waals surface area contributed by atoms with Gasteiger partial charge in [0.1, 0.15) is 11.1 Å². The maximum absolute atomic E-state index is 11.2. The van der Waals surface area contributed by atoms with Gasteiger partial charge in [-0.15, -0.1) is 0 Å². The average Bonchev–Trinajstić information content (AvgIpc) is 2.17. The van der Waals surface area contributed by atoms with Crippen molar-refractivity contribution >= 4 is 39.5 Å². The standard InChI is InChI=1S/C10H5IO4/c11-6-1-2-8-5(3-6)4-7(9(12)13)10(14)15-8/h1-4H,(H,12,13). The van der Waals surface area contributed by atoms with Crippen LogP contribution in [-0.2, 0) is 0 Å². The number of fused-ring (bicyclic) bond motifs is 1. The molecule has 1 heterocycles. The Balaban J connectivity index is 2.83. The molecule has 0 saturated heterocycles. The molecule has 0 aliphatic rings. The molecule has 1 aromatic carbocycles. The van der Waals surface area contributed by atoms with Crippen molar-refractivity contribution in [1.29, 1.82) is 0 Å². The van der Waals surface area contributed by atoms with Crippen LogP contribution in [0.25, 0.3) is 11.0 Å². The number of carbonyl (C=O) groups is 1. The van der Waals surface area contributed by atoms with E-state index in [0.717, 1.165) is 3.57 Å². The van der Waals surface area contributed by atoms with Crippen LogP contribution in [0.4, 0.5) is 0 Å². The van der Waals surface area contributed by atoms with E-state index >= 15 is 0 Å². The van der Waals surface area contributed by atoms with E-state index in [9.17, 15) is 9.59 Å². The van der Waals surface area contributed by atoms with E-state index in [1.54, 1.807) is 18.2 Å². The molecule has 0 spiro atoms. The molecule has 0 atom stereocenters. The predicted octanol–water partition coefficient (Wildman–Crippen LogP) is 2.10. The summed E-state index contributed by atoms with van der Waals surface area (Å²) in [6.07, 6.45) is 0. The first kappa shape index (κ1) is 10.2. The van der Waals surface area contributed by atoms with Crippen LogP contribution in [0.15, 0.2) is 33.5 Å². The van der Waals surface area contributed by atoms with Crippen molar-refractivity contribution in [2.45, 2.75) is 0 Å². The van der Waals surface area contributed by atoms with Crippen molar-refractivity contribution in [2.24, 2.45) is 0 Å². The first-order valence-electron chi connectivity index (χ1n) is 4.04. The van der Waals surface area contributed by atoms with Crippen molar-refractivity contribution in [2.75, 3.05) is 0 Å². The van der Waals surface area contributed by atoms with Gasteiger partial charge in [-0.3, -0.25) is 0 Å². The van der Waals surface area contributed by atoms with E-state index in [-0.39, 0.29) is 5.56 Å². The predicted molar refractivity (Wildman–Crippen MR) is 62.2 cm³/mol. The summed E-state index contributed by atoms with van der Waals surface area (Å²) in [7, 11) is 0. The first-order chi connectivity index (χ1) is 7.08. The van der Waals surface area contributed by atoms with Crippen molar-refractivity contribution in [3.63, 3.8) is 0 Å². The average molecular weight is 316 g/mol. The molecule has 0 aliphatic heterocycles. The Morgan fingerprint density at radius 1 is 1.33 bits per heavy atom. The van der Waals surface area contributed by atoms with Crippen molar-refractivity contribution in [1.82, 2.24) is 0 Å². The molecule has 1 N–H and O–H groups in total. The Hall–Kier alpha value is -1.37. The Morgan fingerprint density at radius 2 is 2.07 bits per heavy atom. The van der Waals surface area contributed by atoms with Gasteiger partial charge >= 0.3 is 11.6 Å². The van der Waals surface area contributed by atoms with E-state index in [2.05, 4.69) is 22.6 Å². The van der Waals surface area contributed by atoms with Crippen molar-refractivity contribution in [3.05, 3.63) is 43.8 Å². The number of carboxylic acids is 1. The summed E-state index contributed by atoms with van der Waals surface area (Å²) in [5.41, 5.74) is -0.772. The van der Waals surface area contributed by atoms with Gasteiger partial charge in [0.25, 0.3) is 0 Å². The highest BCUT2D eigenvalue weighted by Crippen LogP contribution is 2.16. The molecule has 1 aromatic heterocycles. The van der Waals surface area contributed by atoms with Crippen LogP contribution in [-0.4, -0.2) is 11.1 Å². The lowest BCUT2D eigenvalue weighted by atomic mass is 10.2. The van der Waals surface area contributed by atoms with E-state index in [4.69, 9.17) is 9.52 Å². The molecule has 76 valence electrons. The van der Waals surface area contributed by atoms with Gasteiger partial charge in [-0.1, -0.05) is 0 Å². The lowest BCUT2D eigenvalue weighted by Gasteiger charge is -1.98. The third-order valence-corrected chi connectivity index (χ3v) is 2.60. The molecule has 0 amide bonds. The molecule has 2 aromatic rings. The van der Waals surface area contributed by atoms with Crippen LogP contribution < -0.4 is 5.63 Å². The lowest BCUT2D eigenvalue weighted by Crippen LogP contribution is -2.12. The van der Waals surface area contributed by atoms with E-state index in [1.807, 2.05) is 0 Å². The van der Waals surface area contributed by atoms with E-state index in [1.165, 1.54) is 6.07 Å². The fraction of sp³-hybridized carbons (Fsp3) is 0. The highest BCUT2D eigenvalue weighted by Gasteiger charge is 2.11. The number of carboxylic acid groups (broad SMARTS) is 1. The Bertz CT molecular complexity index is 600. The smallest absolute Gasteiger partial charge is 0.351 e. The molecule has 0 unspecified atom stereocenters. The number of hydrogen-bond donors (Lipinski definition) is 1. The molecule has 2 rings (SSSR count). The largest absolute Gasteiger partial charge is 0.477 e. The quantitative estimate of drug-likeness (QED) is 0.646. The number of benzene rings is 1. The Morgan fingerprint density at radius 3 is 2.73 bits per heavy atom. The van der Waals surface area contributed by atoms with Crippen LogP contribution in [0, 0.1) is 3.57 Å². The minimum Gasteiger partial charge on any atom is -0.477 e. The summed E-state index contributed by atoms with van der Waals surface area (Å²) in [6.45, 7) is 0. The molecule has 0 aliphatic carbocycles. The fourth-order valence-corrected chi connectivity index (χ4v) is 1.76. The summed E-state index contributed by atoms with van der Waals surface area (Å²) in [4.78, 5) is 21.9. The van der Waals surface area contributed by atoms with E-state index in [0.29, 0.717) is 11.0 Å². The summed E-state index contributed by atoms with van der Waals surface area (Å²) in [5, 5.41) is 9.34. The second kappa shape index (κ2) is 3.65. The van der Waals surface area contributed by atoms with Gasteiger partial charge in [-0.2, -0.15) is 0 Å². The Kier molecular flexibility index (Phi) is 2.47. The van der Waals surface area contributed by atoms with Gasteiger partial charge in [0.2, 0.25) is 0 Å². The number of hydrogen-bond acceptors (Lipinski definition) is 3. The number of aromatic carboxylic acids is 1. The minimum absolute atomic E-state index is 0.343. The maximum atomic E-state index is 11.2. The maximum Gasteiger partial charge on any atom is 0.351 e. The summed E-state index contributed by atoms with van der Waals surface area (Å²) in [5.74, 6) is -1.27. The Labute approximate surface area is 97.7 Å². The lowest BCUT2D eigenvalue weighted by molar-refractivity contribution is 0.0692. The third kappa shape index (κ3) is 1.87. The normalized spacial score (nSPS) is 10.5. The zero-order valence-electron chi connectivity index (χ0n) is 7.36. The second-order valence-electron chi connectivity index (χ2n) is 2.93. The molecule has 4 nitrogen and oxygen atoms in total. The van der Waals surface area contributed by atoms with Crippen molar-refractivity contribution in [3.8, 4) is 0 Å². The zero-order chi connectivity index (χ0) is 11.0. The second-order valence-corrected chi connectivity index (χ2v) is 4.18.